The highest BCUT2D eigenvalue weighted by Gasteiger charge is 2.45. The fraction of sp³-hybridized carbons (Fsp3) is 0.444. The summed E-state index contributed by atoms with van der Waals surface area (Å²) in [6.45, 7) is 7.68. The molecular formula is C18H23N3O5. The van der Waals surface area contributed by atoms with Crippen molar-refractivity contribution >= 4 is 29.5 Å². The van der Waals surface area contributed by atoms with Crippen molar-refractivity contribution in [2.45, 2.75) is 46.3 Å². The average molecular weight is 361 g/mol. The van der Waals surface area contributed by atoms with Crippen LogP contribution in [0.5, 0.6) is 0 Å². The van der Waals surface area contributed by atoms with Crippen molar-refractivity contribution in [2.24, 2.45) is 0 Å². The van der Waals surface area contributed by atoms with E-state index in [0.717, 1.165) is 16.0 Å². The zero-order valence-electron chi connectivity index (χ0n) is 15.5. The van der Waals surface area contributed by atoms with Gasteiger partial charge in [-0.15, -0.1) is 0 Å². The lowest BCUT2D eigenvalue weighted by Crippen LogP contribution is -2.42. The van der Waals surface area contributed by atoms with Gasteiger partial charge in [0.15, 0.2) is 6.10 Å². The first-order valence-electron chi connectivity index (χ1n) is 8.23. The molecule has 0 aromatic heterocycles. The number of anilines is 1. The maximum Gasteiger partial charge on any atom is 0.327 e. The van der Waals surface area contributed by atoms with Crippen LogP contribution in [0.3, 0.4) is 0 Å². The van der Waals surface area contributed by atoms with E-state index in [2.05, 4.69) is 10.6 Å². The van der Waals surface area contributed by atoms with E-state index >= 15 is 0 Å². The normalized spacial score (nSPS) is 16.9. The molecule has 1 unspecified atom stereocenters. The minimum atomic E-state index is -1.07. The number of esters is 1. The lowest BCUT2D eigenvalue weighted by Gasteiger charge is -2.18. The van der Waals surface area contributed by atoms with Gasteiger partial charge in [-0.3, -0.25) is 19.3 Å². The van der Waals surface area contributed by atoms with E-state index in [4.69, 9.17) is 4.74 Å². The number of imide groups is 1. The van der Waals surface area contributed by atoms with Crippen LogP contribution in [0.2, 0.25) is 0 Å². The molecule has 2 rings (SSSR count). The average Bonchev–Trinajstić information content (AvgIpc) is 2.72. The number of hydrogen-bond acceptors (Lipinski definition) is 5. The minimum Gasteiger partial charge on any atom is -0.451 e. The molecule has 4 amide bonds. The number of urea groups is 1. The third-order valence-corrected chi connectivity index (χ3v) is 4.14. The van der Waals surface area contributed by atoms with Gasteiger partial charge in [-0.1, -0.05) is 18.2 Å². The molecular weight excluding hydrogens is 338 g/mol. The van der Waals surface area contributed by atoms with Crippen LogP contribution in [0.25, 0.3) is 0 Å². The number of hydrogen-bond donors (Lipinski definition) is 2. The van der Waals surface area contributed by atoms with Crippen LogP contribution >= 0.6 is 0 Å². The second-order valence-corrected chi connectivity index (χ2v) is 6.83. The molecule has 0 spiro atoms. The summed E-state index contributed by atoms with van der Waals surface area (Å²) in [5, 5.41) is 5.20. The van der Waals surface area contributed by atoms with E-state index in [9.17, 15) is 19.2 Å². The molecule has 1 heterocycles. The number of para-hydroxylation sites is 1. The van der Waals surface area contributed by atoms with Gasteiger partial charge < -0.3 is 15.4 Å². The highest BCUT2D eigenvalue weighted by atomic mass is 16.5. The van der Waals surface area contributed by atoms with Crippen molar-refractivity contribution < 1.29 is 23.9 Å². The fourth-order valence-electron chi connectivity index (χ4n) is 2.62. The molecule has 1 aliphatic heterocycles. The van der Waals surface area contributed by atoms with Gasteiger partial charge >= 0.3 is 12.0 Å². The summed E-state index contributed by atoms with van der Waals surface area (Å²) in [5.74, 6) is -1.85. The number of nitrogens with one attached hydrogen (secondary N) is 2. The number of carbonyl (C=O) groups excluding carboxylic acids is 4. The number of ether oxygens (including phenoxy) is 1. The number of benzene rings is 1. The summed E-state index contributed by atoms with van der Waals surface area (Å²) < 4.78 is 5.07. The van der Waals surface area contributed by atoms with E-state index in [-0.39, 0.29) is 0 Å². The number of aryl methyl sites for hydroxylation is 2. The zero-order chi connectivity index (χ0) is 19.6. The fourth-order valence-corrected chi connectivity index (χ4v) is 2.62. The number of nitrogens with zero attached hydrogens (tertiary/aromatic N) is 1. The Morgan fingerprint density at radius 1 is 1.23 bits per heavy atom. The van der Waals surface area contributed by atoms with Crippen LogP contribution in [0, 0.1) is 13.8 Å². The topological polar surface area (TPSA) is 105 Å². The maximum absolute atomic E-state index is 12.3. The second-order valence-electron chi connectivity index (χ2n) is 6.83. The van der Waals surface area contributed by atoms with Crippen LogP contribution in [0.4, 0.5) is 10.5 Å². The summed E-state index contributed by atoms with van der Waals surface area (Å²) in [5.41, 5.74) is 1.37. The highest BCUT2D eigenvalue weighted by Crippen LogP contribution is 2.20. The molecule has 1 atom stereocenters. The van der Waals surface area contributed by atoms with Gasteiger partial charge in [0.25, 0.3) is 11.8 Å². The summed E-state index contributed by atoms with van der Waals surface area (Å²) in [6.07, 6.45) is -1.07. The summed E-state index contributed by atoms with van der Waals surface area (Å²) in [4.78, 5) is 48.9. The standard InChI is InChI=1S/C18H23N3O5/c1-10-7-6-8-11(2)14(10)19-15(23)12(3)26-13(22)9-21-16(24)18(4,5)20-17(21)25/h6-8,12H,9H2,1-5H3,(H,19,23)(H,20,25). The number of amides is 4. The third kappa shape index (κ3) is 4.01. The van der Waals surface area contributed by atoms with Gasteiger partial charge in [0.1, 0.15) is 12.1 Å². The minimum absolute atomic E-state index is 0.492. The van der Waals surface area contributed by atoms with E-state index in [1.54, 1.807) is 13.8 Å². The van der Waals surface area contributed by atoms with E-state index in [0.29, 0.717) is 5.69 Å². The lowest BCUT2D eigenvalue weighted by molar-refractivity contribution is -0.155. The van der Waals surface area contributed by atoms with Gasteiger partial charge in [-0.25, -0.2) is 4.79 Å². The van der Waals surface area contributed by atoms with Crippen molar-refractivity contribution in [3.05, 3.63) is 29.3 Å². The van der Waals surface area contributed by atoms with Gasteiger partial charge in [0.2, 0.25) is 0 Å². The predicted octanol–water partition coefficient (Wildman–Crippen LogP) is 1.50. The Labute approximate surface area is 151 Å². The number of rotatable bonds is 5. The molecule has 8 heteroatoms. The molecule has 0 aliphatic carbocycles. The second kappa shape index (κ2) is 7.15. The molecule has 0 bridgehead atoms. The summed E-state index contributed by atoms with van der Waals surface area (Å²) in [6, 6.07) is 4.94. The molecule has 2 N–H and O–H groups in total. The van der Waals surface area contributed by atoms with E-state index in [1.807, 2.05) is 32.0 Å². The van der Waals surface area contributed by atoms with Crippen LogP contribution in [0.15, 0.2) is 18.2 Å². The molecule has 1 saturated heterocycles. The molecule has 1 aromatic rings. The van der Waals surface area contributed by atoms with Gasteiger partial charge in [0, 0.05) is 5.69 Å². The van der Waals surface area contributed by atoms with Gasteiger partial charge in [-0.2, -0.15) is 0 Å². The molecule has 8 nitrogen and oxygen atoms in total. The SMILES string of the molecule is Cc1cccc(C)c1NC(=O)C(C)OC(=O)CN1C(=O)NC(C)(C)C1=O. The Hall–Kier alpha value is -2.90. The number of carbonyl (C=O) groups is 4. The van der Waals surface area contributed by atoms with E-state index in [1.165, 1.54) is 6.92 Å². The van der Waals surface area contributed by atoms with Crippen LogP contribution in [-0.4, -0.2) is 46.9 Å². The van der Waals surface area contributed by atoms with E-state index < -0.39 is 42.0 Å². The first-order valence-corrected chi connectivity index (χ1v) is 8.23. The Kier molecular flexibility index (Phi) is 5.34. The van der Waals surface area contributed by atoms with Crippen LogP contribution < -0.4 is 10.6 Å². The maximum atomic E-state index is 12.3. The Morgan fingerprint density at radius 2 is 1.81 bits per heavy atom. The van der Waals surface area contributed by atoms with Crippen molar-refractivity contribution in [2.75, 3.05) is 11.9 Å². The van der Waals surface area contributed by atoms with Crippen LogP contribution in [0.1, 0.15) is 31.9 Å². The monoisotopic (exact) mass is 361 g/mol. The smallest absolute Gasteiger partial charge is 0.327 e. The molecule has 0 radical (unpaired) electrons. The molecule has 1 aromatic carbocycles. The first-order chi connectivity index (χ1) is 12.0. The summed E-state index contributed by atoms with van der Waals surface area (Å²) >= 11 is 0. The third-order valence-electron chi connectivity index (χ3n) is 4.14. The molecule has 26 heavy (non-hydrogen) atoms. The molecule has 1 fully saturated rings. The quantitative estimate of drug-likeness (QED) is 0.611. The molecule has 140 valence electrons. The van der Waals surface area contributed by atoms with Crippen LogP contribution in [-0.2, 0) is 19.1 Å². The van der Waals surface area contributed by atoms with Crippen molar-refractivity contribution in [1.82, 2.24) is 10.2 Å². The van der Waals surface area contributed by atoms with Gasteiger partial charge in [0.05, 0.1) is 0 Å². The highest BCUT2D eigenvalue weighted by molar-refractivity contribution is 6.08. The predicted molar refractivity (Wildman–Crippen MR) is 94.4 cm³/mol. The van der Waals surface area contributed by atoms with Gasteiger partial charge in [-0.05, 0) is 45.7 Å². The van der Waals surface area contributed by atoms with Crippen molar-refractivity contribution in [3.63, 3.8) is 0 Å². The van der Waals surface area contributed by atoms with Crippen molar-refractivity contribution in [3.8, 4) is 0 Å². The first kappa shape index (κ1) is 19.4. The van der Waals surface area contributed by atoms with Crippen molar-refractivity contribution in [1.29, 1.82) is 0 Å². The Balaban J connectivity index is 1.96. The lowest BCUT2D eigenvalue weighted by atomic mass is 10.1. The Morgan fingerprint density at radius 3 is 2.31 bits per heavy atom. The largest absolute Gasteiger partial charge is 0.451 e. The zero-order valence-corrected chi connectivity index (χ0v) is 15.5. The molecule has 1 aliphatic rings. The Bertz CT molecular complexity index is 752. The summed E-state index contributed by atoms with van der Waals surface area (Å²) in [7, 11) is 0. The molecule has 0 saturated carbocycles.